The minimum Gasteiger partial charge on any atom is -0.461 e. The Hall–Kier alpha value is -0.860. The molecule has 0 aliphatic rings. The summed E-state index contributed by atoms with van der Waals surface area (Å²) in [5, 5.41) is 0. The lowest BCUT2D eigenvalue weighted by atomic mass is 10.3. The van der Waals surface area contributed by atoms with Crippen molar-refractivity contribution in [1.29, 1.82) is 0 Å². The van der Waals surface area contributed by atoms with Gasteiger partial charge in [0, 0.05) is 3.57 Å². The molecule has 1 aromatic rings. The van der Waals surface area contributed by atoms with Gasteiger partial charge in [-0.05, 0) is 41.6 Å². The summed E-state index contributed by atoms with van der Waals surface area (Å²) in [7, 11) is 0. The molecule has 0 aliphatic heterocycles. The maximum atomic E-state index is 12.5. The number of carbonyl (C=O) groups is 1. The van der Waals surface area contributed by atoms with Crippen LogP contribution in [0.3, 0.4) is 0 Å². The van der Waals surface area contributed by atoms with Crippen molar-refractivity contribution in [2.24, 2.45) is 0 Å². The molecule has 0 saturated carbocycles. The van der Waals surface area contributed by atoms with Crippen molar-refractivity contribution >= 4 is 28.6 Å². The van der Waals surface area contributed by atoms with E-state index in [0.29, 0.717) is 0 Å². The Balaban J connectivity index is 3.13. The van der Waals surface area contributed by atoms with Crippen LogP contribution in [-0.4, -0.2) is 17.6 Å². The summed E-state index contributed by atoms with van der Waals surface area (Å²) in [6, 6.07) is 2.39. The average molecular weight is 345 g/mol. The van der Waals surface area contributed by atoms with Crippen molar-refractivity contribution < 1.29 is 22.7 Å². The standard InChI is InChI=1S/C9H7F3INO2/c1-2-16-8(15)6-4-3-5(13)7(14-6)9(10,11)12/h3-4H,2H2,1H3. The summed E-state index contributed by atoms with van der Waals surface area (Å²) in [5.74, 6) is -0.857. The third-order valence-electron chi connectivity index (χ3n) is 1.60. The topological polar surface area (TPSA) is 39.2 Å². The van der Waals surface area contributed by atoms with Crippen LogP contribution in [-0.2, 0) is 10.9 Å². The minimum absolute atomic E-state index is 0.0573. The molecule has 0 N–H and O–H groups in total. The maximum absolute atomic E-state index is 12.5. The number of halogens is 4. The first kappa shape index (κ1) is 13.2. The van der Waals surface area contributed by atoms with E-state index < -0.39 is 17.8 Å². The molecule has 0 fully saturated rings. The zero-order chi connectivity index (χ0) is 12.3. The summed E-state index contributed by atoms with van der Waals surface area (Å²) < 4.78 is 41.9. The molecule has 0 bridgehead atoms. The van der Waals surface area contributed by atoms with E-state index in [4.69, 9.17) is 0 Å². The largest absolute Gasteiger partial charge is 0.461 e. The smallest absolute Gasteiger partial charge is 0.434 e. The molecule has 0 atom stereocenters. The lowest BCUT2D eigenvalue weighted by molar-refractivity contribution is -0.141. The van der Waals surface area contributed by atoms with E-state index in [1.54, 1.807) is 6.92 Å². The molecule has 3 nitrogen and oxygen atoms in total. The summed E-state index contributed by atoms with van der Waals surface area (Å²) in [6.07, 6.45) is -4.57. The summed E-state index contributed by atoms with van der Waals surface area (Å²) >= 11 is 1.51. The van der Waals surface area contributed by atoms with E-state index in [0.717, 1.165) is 0 Å². The van der Waals surface area contributed by atoms with Crippen molar-refractivity contribution in [3.8, 4) is 0 Å². The number of aromatic nitrogens is 1. The van der Waals surface area contributed by atoms with Crippen LogP contribution < -0.4 is 0 Å². The van der Waals surface area contributed by atoms with Gasteiger partial charge in [0.05, 0.1) is 6.61 Å². The fourth-order valence-electron chi connectivity index (χ4n) is 0.960. The fourth-order valence-corrected chi connectivity index (χ4v) is 1.57. The van der Waals surface area contributed by atoms with Gasteiger partial charge >= 0.3 is 12.1 Å². The molecule has 1 heterocycles. The Bertz CT molecular complexity index is 406. The lowest BCUT2D eigenvalue weighted by Crippen LogP contribution is -2.15. The second-order valence-electron chi connectivity index (χ2n) is 2.75. The van der Waals surface area contributed by atoms with Gasteiger partial charge in [-0.25, -0.2) is 9.78 Å². The molecule has 1 aromatic heterocycles. The number of nitrogens with zero attached hydrogens (tertiary/aromatic N) is 1. The highest BCUT2D eigenvalue weighted by atomic mass is 127. The van der Waals surface area contributed by atoms with Gasteiger partial charge in [0.2, 0.25) is 0 Å². The molecule has 0 amide bonds. The van der Waals surface area contributed by atoms with E-state index in [1.165, 1.54) is 34.7 Å². The van der Waals surface area contributed by atoms with Crippen molar-refractivity contribution in [2.75, 3.05) is 6.61 Å². The Kier molecular flexibility index (Phi) is 4.11. The highest BCUT2D eigenvalue weighted by Crippen LogP contribution is 2.31. The summed E-state index contributed by atoms with van der Waals surface area (Å²) in [6.45, 7) is 1.66. The van der Waals surface area contributed by atoms with Crippen LogP contribution >= 0.6 is 22.6 Å². The van der Waals surface area contributed by atoms with Crippen LogP contribution in [0, 0.1) is 3.57 Å². The zero-order valence-corrected chi connectivity index (χ0v) is 10.3. The molecule has 16 heavy (non-hydrogen) atoms. The molecule has 88 valence electrons. The molecule has 0 aliphatic carbocycles. The number of pyridine rings is 1. The maximum Gasteiger partial charge on any atom is 0.434 e. The van der Waals surface area contributed by atoms with Gasteiger partial charge in [-0.1, -0.05) is 0 Å². The van der Waals surface area contributed by atoms with Crippen LogP contribution in [0.4, 0.5) is 13.2 Å². The number of hydrogen-bond acceptors (Lipinski definition) is 3. The molecule has 0 saturated heterocycles. The predicted octanol–water partition coefficient (Wildman–Crippen LogP) is 2.88. The average Bonchev–Trinajstić information content (AvgIpc) is 2.16. The first-order chi connectivity index (χ1) is 7.36. The molecular weight excluding hydrogens is 338 g/mol. The predicted molar refractivity (Wildman–Crippen MR) is 57.9 cm³/mol. The summed E-state index contributed by atoms with van der Waals surface area (Å²) in [5.41, 5.74) is -1.41. The van der Waals surface area contributed by atoms with E-state index in [9.17, 15) is 18.0 Å². The number of ether oxygens (including phenoxy) is 1. The Morgan fingerprint density at radius 1 is 1.50 bits per heavy atom. The van der Waals surface area contributed by atoms with Crippen molar-refractivity contribution in [1.82, 2.24) is 4.98 Å². The van der Waals surface area contributed by atoms with Gasteiger partial charge in [0.1, 0.15) is 5.69 Å². The quantitative estimate of drug-likeness (QED) is 0.611. The van der Waals surface area contributed by atoms with E-state index in [2.05, 4.69) is 9.72 Å². The van der Waals surface area contributed by atoms with E-state index in [1.807, 2.05) is 0 Å². The van der Waals surface area contributed by atoms with Crippen molar-refractivity contribution in [3.63, 3.8) is 0 Å². The molecule has 0 aromatic carbocycles. The monoisotopic (exact) mass is 345 g/mol. The third kappa shape index (κ3) is 3.06. The normalized spacial score (nSPS) is 11.3. The third-order valence-corrected chi connectivity index (χ3v) is 2.47. The van der Waals surface area contributed by atoms with Gasteiger partial charge in [0.15, 0.2) is 5.69 Å². The molecular formula is C9H7F3INO2. The van der Waals surface area contributed by atoms with Crippen LogP contribution in [0.5, 0.6) is 0 Å². The van der Waals surface area contributed by atoms with Gasteiger partial charge in [-0.15, -0.1) is 0 Å². The second kappa shape index (κ2) is 4.98. The highest BCUT2D eigenvalue weighted by molar-refractivity contribution is 14.1. The van der Waals surface area contributed by atoms with Gasteiger partial charge in [-0.2, -0.15) is 13.2 Å². The van der Waals surface area contributed by atoms with Gasteiger partial charge in [-0.3, -0.25) is 0 Å². The molecule has 0 spiro atoms. The molecule has 7 heteroatoms. The number of rotatable bonds is 2. The zero-order valence-electron chi connectivity index (χ0n) is 8.14. The molecule has 1 rings (SSSR count). The van der Waals surface area contributed by atoms with Crippen LogP contribution in [0.2, 0.25) is 0 Å². The number of alkyl halides is 3. The van der Waals surface area contributed by atoms with Crippen molar-refractivity contribution in [3.05, 3.63) is 27.1 Å². The number of esters is 1. The van der Waals surface area contributed by atoms with Gasteiger partial charge in [0.25, 0.3) is 0 Å². The minimum atomic E-state index is -4.57. The molecule has 0 unspecified atom stereocenters. The van der Waals surface area contributed by atoms with Gasteiger partial charge < -0.3 is 4.74 Å². The fraction of sp³-hybridized carbons (Fsp3) is 0.333. The second-order valence-corrected chi connectivity index (χ2v) is 3.91. The van der Waals surface area contributed by atoms with Crippen LogP contribution in [0.25, 0.3) is 0 Å². The molecule has 0 radical (unpaired) electrons. The Labute approximate surface area is 103 Å². The first-order valence-electron chi connectivity index (χ1n) is 4.27. The first-order valence-corrected chi connectivity index (χ1v) is 5.35. The van der Waals surface area contributed by atoms with Crippen LogP contribution in [0.15, 0.2) is 12.1 Å². The Morgan fingerprint density at radius 2 is 2.12 bits per heavy atom. The van der Waals surface area contributed by atoms with Crippen molar-refractivity contribution in [2.45, 2.75) is 13.1 Å². The number of carbonyl (C=O) groups excluding carboxylic acids is 1. The number of hydrogen-bond donors (Lipinski definition) is 0. The SMILES string of the molecule is CCOC(=O)c1ccc(I)c(C(F)(F)F)n1. The van der Waals surface area contributed by atoms with E-state index in [-0.39, 0.29) is 15.9 Å². The highest BCUT2D eigenvalue weighted by Gasteiger charge is 2.35. The lowest BCUT2D eigenvalue weighted by Gasteiger charge is -2.09. The van der Waals surface area contributed by atoms with E-state index >= 15 is 0 Å². The Morgan fingerprint density at radius 3 is 2.62 bits per heavy atom. The van der Waals surface area contributed by atoms with Crippen LogP contribution in [0.1, 0.15) is 23.1 Å². The summed E-state index contributed by atoms with van der Waals surface area (Å²) in [4.78, 5) is 14.4.